The number of carbonyl (C=O) groups excluding carboxylic acids is 2. The SMILES string of the molecule is CCOC(=O)CC1Sc2ncccc2NC1=O. The smallest absolute Gasteiger partial charge is 0.307 e. The van der Waals surface area contributed by atoms with Crippen LogP contribution in [-0.2, 0) is 14.3 Å². The van der Waals surface area contributed by atoms with Crippen LogP contribution in [0.2, 0.25) is 0 Å². The highest BCUT2D eigenvalue weighted by Gasteiger charge is 2.29. The zero-order valence-electron chi connectivity index (χ0n) is 9.30. The van der Waals surface area contributed by atoms with Crippen molar-refractivity contribution in [3.63, 3.8) is 0 Å². The summed E-state index contributed by atoms with van der Waals surface area (Å²) in [6.45, 7) is 2.06. The quantitative estimate of drug-likeness (QED) is 0.824. The van der Waals surface area contributed by atoms with Crippen molar-refractivity contribution in [1.29, 1.82) is 0 Å². The molecule has 0 saturated carbocycles. The van der Waals surface area contributed by atoms with Gasteiger partial charge < -0.3 is 10.1 Å². The molecule has 1 atom stereocenters. The summed E-state index contributed by atoms with van der Waals surface area (Å²) in [5.74, 6) is -0.539. The molecule has 0 spiro atoms. The van der Waals surface area contributed by atoms with Crippen molar-refractivity contribution in [2.24, 2.45) is 0 Å². The van der Waals surface area contributed by atoms with Crippen LogP contribution in [0.5, 0.6) is 0 Å². The number of esters is 1. The van der Waals surface area contributed by atoms with Crippen LogP contribution in [0, 0.1) is 0 Å². The Morgan fingerprint density at radius 3 is 3.24 bits per heavy atom. The number of ether oxygens (including phenoxy) is 1. The minimum Gasteiger partial charge on any atom is -0.466 e. The van der Waals surface area contributed by atoms with E-state index in [0.717, 1.165) is 5.03 Å². The largest absolute Gasteiger partial charge is 0.466 e. The lowest BCUT2D eigenvalue weighted by molar-refractivity contribution is -0.143. The van der Waals surface area contributed by atoms with Crippen molar-refractivity contribution in [3.8, 4) is 0 Å². The zero-order valence-corrected chi connectivity index (χ0v) is 10.1. The monoisotopic (exact) mass is 252 g/mol. The van der Waals surface area contributed by atoms with E-state index in [1.54, 1.807) is 25.3 Å². The van der Waals surface area contributed by atoms with E-state index in [4.69, 9.17) is 4.74 Å². The van der Waals surface area contributed by atoms with E-state index < -0.39 is 5.25 Å². The van der Waals surface area contributed by atoms with Crippen LogP contribution < -0.4 is 5.32 Å². The third-order valence-corrected chi connectivity index (χ3v) is 3.45. The molecule has 1 aliphatic rings. The summed E-state index contributed by atoms with van der Waals surface area (Å²) in [6.07, 6.45) is 1.73. The van der Waals surface area contributed by atoms with Crippen molar-refractivity contribution in [2.75, 3.05) is 11.9 Å². The van der Waals surface area contributed by atoms with E-state index >= 15 is 0 Å². The third kappa shape index (κ3) is 2.76. The highest BCUT2D eigenvalue weighted by molar-refractivity contribution is 8.00. The normalized spacial score (nSPS) is 18.2. The lowest BCUT2D eigenvalue weighted by atomic mass is 10.2. The maximum Gasteiger partial charge on any atom is 0.307 e. The molecule has 0 aromatic carbocycles. The van der Waals surface area contributed by atoms with Crippen molar-refractivity contribution >= 4 is 29.3 Å². The van der Waals surface area contributed by atoms with Gasteiger partial charge in [-0.05, 0) is 19.1 Å². The summed E-state index contributed by atoms with van der Waals surface area (Å²) >= 11 is 1.30. The first kappa shape index (κ1) is 11.9. The maximum atomic E-state index is 11.7. The number of nitrogens with zero attached hydrogens (tertiary/aromatic N) is 1. The third-order valence-electron chi connectivity index (χ3n) is 2.23. The number of hydrogen-bond donors (Lipinski definition) is 1. The van der Waals surface area contributed by atoms with Gasteiger partial charge in [0.1, 0.15) is 10.3 Å². The molecule has 0 fully saturated rings. The second-order valence-corrected chi connectivity index (χ2v) is 4.65. The predicted octanol–water partition coefficient (Wildman–Crippen LogP) is 1.45. The molecule has 17 heavy (non-hydrogen) atoms. The second-order valence-electron chi connectivity index (χ2n) is 3.46. The Kier molecular flexibility index (Phi) is 3.63. The Morgan fingerprint density at radius 1 is 1.65 bits per heavy atom. The Hall–Kier alpha value is -1.56. The van der Waals surface area contributed by atoms with Crippen LogP contribution in [0.1, 0.15) is 13.3 Å². The van der Waals surface area contributed by atoms with Gasteiger partial charge in [0, 0.05) is 6.20 Å². The number of carbonyl (C=O) groups is 2. The van der Waals surface area contributed by atoms with Gasteiger partial charge in [-0.15, -0.1) is 0 Å². The van der Waals surface area contributed by atoms with Gasteiger partial charge in [-0.25, -0.2) is 4.98 Å². The van der Waals surface area contributed by atoms with E-state index in [1.165, 1.54) is 11.8 Å². The number of hydrogen-bond acceptors (Lipinski definition) is 5. The van der Waals surface area contributed by atoms with Gasteiger partial charge in [0.2, 0.25) is 5.91 Å². The molecule has 0 radical (unpaired) electrons. The van der Waals surface area contributed by atoms with Crippen LogP contribution in [0.15, 0.2) is 23.4 Å². The van der Waals surface area contributed by atoms with Crippen molar-refractivity contribution < 1.29 is 14.3 Å². The first-order valence-electron chi connectivity index (χ1n) is 5.29. The van der Waals surface area contributed by atoms with Crippen LogP contribution in [0.3, 0.4) is 0 Å². The molecule has 5 nitrogen and oxygen atoms in total. The Bertz CT molecular complexity index is 450. The standard InChI is InChI=1S/C11H12N2O3S/c1-2-16-9(14)6-8-10(15)13-7-4-3-5-12-11(7)17-8/h3-5,8H,2,6H2,1H3,(H,13,15). The summed E-state index contributed by atoms with van der Waals surface area (Å²) in [7, 11) is 0. The van der Waals surface area contributed by atoms with Gasteiger partial charge in [-0.3, -0.25) is 9.59 Å². The number of fused-ring (bicyclic) bond motifs is 1. The summed E-state index contributed by atoms with van der Waals surface area (Å²) in [5.41, 5.74) is 0.697. The van der Waals surface area contributed by atoms with E-state index in [-0.39, 0.29) is 18.3 Å². The molecule has 1 aromatic rings. The number of amides is 1. The minimum atomic E-state index is -0.462. The number of thioether (sulfide) groups is 1. The van der Waals surface area contributed by atoms with Crippen LogP contribution >= 0.6 is 11.8 Å². The van der Waals surface area contributed by atoms with E-state index in [2.05, 4.69) is 10.3 Å². The molecular weight excluding hydrogens is 240 g/mol. The minimum absolute atomic E-state index is 0.0698. The molecule has 1 amide bonds. The molecule has 6 heteroatoms. The van der Waals surface area contributed by atoms with Crippen molar-refractivity contribution in [2.45, 2.75) is 23.6 Å². The van der Waals surface area contributed by atoms with E-state index in [1.807, 2.05) is 0 Å². The van der Waals surface area contributed by atoms with Crippen LogP contribution in [0.4, 0.5) is 5.69 Å². The molecule has 2 rings (SSSR count). The fourth-order valence-corrected chi connectivity index (χ4v) is 2.51. The fourth-order valence-electron chi connectivity index (χ4n) is 1.49. The molecular formula is C11H12N2O3S. The Morgan fingerprint density at radius 2 is 2.47 bits per heavy atom. The number of rotatable bonds is 3. The lowest BCUT2D eigenvalue weighted by Gasteiger charge is -2.22. The molecule has 1 N–H and O–H groups in total. The van der Waals surface area contributed by atoms with Gasteiger partial charge in [0.25, 0.3) is 0 Å². The van der Waals surface area contributed by atoms with Gasteiger partial charge in [0.05, 0.1) is 18.7 Å². The summed E-state index contributed by atoms with van der Waals surface area (Å²) in [4.78, 5) is 27.2. The number of nitrogens with one attached hydrogen (secondary N) is 1. The summed E-state index contributed by atoms with van der Waals surface area (Å²) < 4.78 is 4.83. The molecule has 0 aliphatic carbocycles. The highest BCUT2D eigenvalue weighted by atomic mass is 32.2. The van der Waals surface area contributed by atoms with Gasteiger partial charge >= 0.3 is 5.97 Å². The Balaban J connectivity index is 2.07. The van der Waals surface area contributed by atoms with Crippen LogP contribution in [0.25, 0.3) is 0 Å². The van der Waals surface area contributed by atoms with E-state index in [9.17, 15) is 9.59 Å². The molecule has 1 aromatic heterocycles. The highest BCUT2D eigenvalue weighted by Crippen LogP contribution is 2.34. The average Bonchev–Trinajstić information content (AvgIpc) is 2.30. The molecule has 1 unspecified atom stereocenters. The van der Waals surface area contributed by atoms with Gasteiger partial charge in [-0.1, -0.05) is 11.8 Å². The lowest BCUT2D eigenvalue weighted by Crippen LogP contribution is -2.31. The number of pyridine rings is 1. The topological polar surface area (TPSA) is 68.3 Å². The first-order valence-corrected chi connectivity index (χ1v) is 6.17. The van der Waals surface area contributed by atoms with Gasteiger partial charge in [-0.2, -0.15) is 0 Å². The molecule has 2 heterocycles. The maximum absolute atomic E-state index is 11.7. The fraction of sp³-hybridized carbons (Fsp3) is 0.364. The second kappa shape index (κ2) is 5.18. The first-order chi connectivity index (χ1) is 8.20. The summed E-state index contributed by atoms with van der Waals surface area (Å²) in [6, 6.07) is 3.54. The predicted molar refractivity (Wildman–Crippen MR) is 63.8 cm³/mol. The number of aromatic nitrogens is 1. The average molecular weight is 252 g/mol. The molecule has 0 saturated heterocycles. The van der Waals surface area contributed by atoms with Crippen molar-refractivity contribution in [1.82, 2.24) is 4.98 Å². The molecule has 0 bridgehead atoms. The molecule has 1 aliphatic heterocycles. The van der Waals surface area contributed by atoms with Crippen molar-refractivity contribution in [3.05, 3.63) is 18.3 Å². The van der Waals surface area contributed by atoms with E-state index in [0.29, 0.717) is 12.3 Å². The van der Waals surface area contributed by atoms with Gasteiger partial charge in [0.15, 0.2) is 0 Å². The molecule has 90 valence electrons. The number of anilines is 1. The summed E-state index contributed by atoms with van der Waals surface area (Å²) in [5, 5.41) is 3.00. The van der Waals surface area contributed by atoms with Crippen LogP contribution in [-0.4, -0.2) is 28.7 Å². The zero-order chi connectivity index (χ0) is 12.3. The Labute approximate surface area is 103 Å².